The number of nitrogens with one attached hydrogen (secondary N) is 1. The van der Waals surface area contributed by atoms with E-state index in [-0.39, 0.29) is 12.5 Å². The quantitative estimate of drug-likeness (QED) is 0.729. The lowest BCUT2D eigenvalue weighted by molar-refractivity contribution is -0.116. The van der Waals surface area contributed by atoms with E-state index in [4.69, 9.17) is 5.73 Å². The van der Waals surface area contributed by atoms with Gasteiger partial charge in [-0.1, -0.05) is 0 Å². The molecule has 112 valence electrons. The standard InChI is InChI=1S/C17H18N4O/c1-11-7-15-16(8-12(11)2)21(10-19-15)9-17(22)20-14-5-3-13(18)4-6-14/h3-8,10H,9,18H2,1-2H3,(H,20,22). The van der Waals surface area contributed by atoms with E-state index in [2.05, 4.69) is 30.2 Å². The molecule has 1 aromatic heterocycles. The Balaban J connectivity index is 1.79. The zero-order valence-corrected chi connectivity index (χ0v) is 12.6. The van der Waals surface area contributed by atoms with Crippen LogP contribution in [0.5, 0.6) is 0 Å². The van der Waals surface area contributed by atoms with E-state index in [0.717, 1.165) is 16.7 Å². The second-order valence-electron chi connectivity index (χ2n) is 5.47. The average molecular weight is 294 g/mol. The third-order valence-electron chi connectivity index (χ3n) is 3.74. The van der Waals surface area contributed by atoms with Gasteiger partial charge < -0.3 is 15.6 Å². The van der Waals surface area contributed by atoms with E-state index >= 15 is 0 Å². The zero-order chi connectivity index (χ0) is 15.7. The van der Waals surface area contributed by atoms with Gasteiger partial charge in [0.25, 0.3) is 0 Å². The number of imidazole rings is 1. The molecule has 5 nitrogen and oxygen atoms in total. The van der Waals surface area contributed by atoms with E-state index in [1.54, 1.807) is 30.6 Å². The Hall–Kier alpha value is -2.82. The summed E-state index contributed by atoms with van der Waals surface area (Å²) < 4.78 is 1.86. The molecule has 1 heterocycles. The van der Waals surface area contributed by atoms with Crippen molar-refractivity contribution in [2.75, 3.05) is 11.1 Å². The number of anilines is 2. The van der Waals surface area contributed by atoms with E-state index < -0.39 is 0 Å². The maximum Gasteiger partial charge on any atom is 0.244 e. The van der Waals surface area contributed by atoms with Crippen molar-refractivity contribution in [3.63, 3.8) is 0 Å². The van der Waals surface area contributed by atoms with Crippen LogP contribution < -0.4 is 11.1 Å². The number of carbonyl (C=O) groups excluding carboxylic acids is 1. The smallest absolute Gasteiger partial charge is 0.244 e. The minimum absolute atomic E-state index is 0.0951. The van der Waals surface area contributed by atoms with Crippen molar-refractivity contribution < 1.29 is 4.79 Å². The number of benzene rings is 2. The van der Waals surface area contributed by atoms with E-state index in [0.29, 0.717) is 5.69 Å². The molecule has 0 saturated carbocycles. The molecule has 3 aromatic rings. The van der Waals surface area contributed by atoms with E-state index in [9.17, 15) is 4.79 Å². The predicted octanol–water partition coefficient (Wildman–Crippen LogP) is 2.87. The Morgan fingerprint density at radius 1 is 1.18 bits per heavy atom. The van der Waals surface area contributed by atoms with Gasteiger partial charge in [0, 0.05) is 11.4 Å². The first-order valence-electron chi connectivity index (χ1n) is 7.10. The van der Waals surface area contributed by atoms with Crippen LogP contribution in [0.2, 0.25) is 0 Å². The molecule has 0 fully saturated rings. The zero-order valence-electron chi connectivity index (χ0n) is 12.6. The molecule has 0 aliphatic carbocycles. The Bertz CT molecular complexity index is 834. The molecule has 0 spiro atoms. The van der Waals surface area contributed by atoms with Crippen LogP contribution in [0.15, 0.2) is 42.7 Å². The van der Waals surface area contributed by atoms with Crippen molar-refractivity contribution in [1.82, 2.24) is 9.55 Å². The third-order valence-corrected chi connectivity index (χ3v) is 3.74. The van der Waals surface area contributed by atoms with Crippen molar-refractivity contribution in [2.24, 2.45) is 0 Å². The Morgan fingerprint density at radius 2 is 1.86 bits per heavy atom. The maximum absolute atomic E-state index is 12.2. The van der Waals surface area contributed by atoms with Crippen molar-refractivity contribution in [2.45, 2.75) is 20.4 Å². The Morgan fingerprint density at radius 3 is 2.59 bits per heavy atom. The summed E-state index contributed by atoms with van der Waals surface area (Å²) in [5.74, 6) is -0.0951. The fourth-order valence-corrected chi connectivity index (χ4v) is 2.36. The number of hydrogen-bond acceptors (Lipinski definition) is 3. The number of hydrogen-bond donors (Lipinski definition) is 2. The molecule has 3 N–H and O–H groups in total. The first kappa shape index (κ1) is 14.1. The lowest BCUT2D eigenvalue weighted by Crippen LogP contribution is -2.18. The number of carbonyl (C=O) groups is 1. The van der Waals surface area contributed by atoms with Crippen molar-refractivity contribution in [3.05, 3.63) is 53.9 Å². The number of nitrogens with two attached hydrogens (primary N) is 1. The first-order chi connectivity index (χ1) is 10.5. The molecule has 1 amide bonds. The van der Waals surface area contributed by atoms with Crippen LogP contribution in [0, 0.1) is 13.8 Å². The third kappa shape index (κ3) is 2.79. The van der Waals surface area contributed by atoms with Crippen LogP contribution in [0.3, 0.4) is 0 Å². The van der Waals surface area contributed by atoms with E-state index in [1.807, 2.05) is 10.6 Å². The summed E-state index contributed by atoms with van der Waals surface area (Å²) >= 11 is 0. The second kappa shape index (κ2) is 5.52. The summed E-state index contributed by atoms with van der Waals surface area (Å²) in [5.41, 5.74) is 11.3. The first-order valence-corrected chi connectivity index (χ1v) is 7.10. The molecule has 0 aliphatic heterocycles. The highest BCUT2D eigenvalue weighted by Crippen LogP contribution is 2.18. The Kier molecular flexibility index (Phi) is 3.55. The number of aryl methyl sites for hydroxylation is 2. The van der Waals surface area contributed by atoms with Crippen molar-refractivity contribution >= 4 is 28.3 Å². The molecule has 0 saturated heterocycles. The van der Waals surface area contributed by atoms with Crippen LogP contribution >= 0.6 is 0 Å². The molecule has 0 bridgehead atoms. The van der Waals surface area contributed by atoms with Gasteiger partial charge >= 0.3 is 0 Å². The SMILES string of the molecule is Cc1cc2ncn(CC(=O)Nc3ccc(N)cc3)c2cc1C. The summed E-state index contributed by atoms with van der Waals surface area (Å²) in [6, 6.07) is 11.2. The molecule has 5 heteroatoms. The summed E-state index contributed by atoms with van der Waals surface area (Å²) in [6.07, 6.45) is 1.70. The van der Waals surface area contributed by atoms with Gasteiger partial charge in [0.2, 0.25) is 5.91 Å². The van der Waals surface area contributed by atoms with Gasteiger partial charge in [-0.25, -0.2) is 4.98 Å². The molecule has 2 aromatic carbocycles. The van der Waals surface area contributed by atoms with Crippen LogP contribution in [0.1, 0.15) is 11.1 Å². The van der Waals surface area contributed by atoms with Gasteiger partial charge in [-0.05, 0) is 61.4 Å². The van der Waals surface area contributed by atoms with Crippen molar-refractivity contribution in [3.8, 4) is 0 Å². The van der Waals surface area contributed by atoms with Gasteiger partial charge in [0.05, 0.1) is 17.4 Å². The van der Waals surface area contributed by atoms with Gasteiger partial charge in [-0.2, -0.15) is 0 Å². The molecule has 3 rings (SSSR count). The molecule has 0 radical (unpaired) electrons. The predicted molar refractivity (Wildman–Crippen MR) is 88.7 cm³/mol. The second-order valence-corrected chi connectivity index (χ2v) is 5.47. The van der Waals surface area contributed by atoms with Crippen LogP contribution in [0.25, 0.3) is 11.0 Å². The topological polar surface area (TPSA) is 72.9 Å². The summed E-state index contributed by atoms with van der Waals surface area (Å²) in [5, 5.41) is 2.86. The molecular weight excluding hydrogens is 276 g/mol. The van der Waals surface area contributed by atoms with Crippen LogP contribution in [-0.4, -0.2) is 15.5 Å². The lowest BCUT2D eigenvalue weighted by Gasteiger charge is -2.08. The molecule has 0 atom stereocenters. The average Bonchev–Trinajstić information content (AvgIpc) is 2.84. The summed E-state index contributed by atoms with van der Waals surface area (Å²) in [6.45, 7) is 4.34. The van der Waals surface area contributed by atoms with Gasteiger partial charge in [0.1, 0.15) is 6.54 Å². The van der Waals surface area contributed by atoms with Gasteiger partial charge in [0.15, 0.2) is 0 Å². The van der Waals surface area contributed by atoms with Gasteiger partial charge in [-0.3, -0.25) is 4.79 Å². The fourth-order valence-electron chi connectivity index (χ4n) is 2.36. The normalized spacial score (nSPS) is 10.8. The van der Waals surface area contributed by atoms with Crippen LogP contribution in [0.4, 0.5) is 11.4 Å². The minimum Gasteiger partial charge on any atom is -0.399 e. The van der Waals surface area contributed by atoms with Crippen LogP contribution in [-0.2, 0) is 11.3 Å². The van der Waals surface area contributed by atoms with E-state index in [1.165, 1.54) is 11.1 Å². The molecule has 0 aliphatic rings. The minimum atomic E-state index is -0.0951. The number of rotatable bonds is 3. The highest BCUT2D eigenvalue weighted by Gasteiger charge is 2.09. The number of amides is 1. The summed E-state index contributed by atoms with van der Waals surface area (Å²) in [7, 11) is 0. The largest absolute Gasteiger partial charge is 0.399 e. The summed E-state index contributed by atoms with van der Waals surface area (Å²) in [4.78, 5) is 16.5. The highest BCUT2D eigenvalue weighted by atomic mass is 16.1. The molecule has 22 heavy (non-hydrogen) atoms. The van der Waals surface area contributed by atoms with Crippen molar-refractivity contribution in [1.29, 1.82) is 0 Å². The monoisotopic (exact) mass is 294 g/mol. The Labute approximate surface area is 128 Å². The number of nitrogens with zero attached hydrogens (tertiary/aromatic N) is 2. The highest BCUT2D eigenvalue weighted by molar-refractivity contribution is 5.91. The fraction of sp³-hybridized carbons (Fsp3) is 0.176. The lowest BCUT2D eigenvalue weighted by atomic mass is 10.1. The number of aromatic nitrogens is 2. The molecule has 0 unspecified atom stereocenters. The number of fused-ring (bicyclic) bond motifs is 1. The maximum atomic E-state index is 12.2. The molecular formula is C17H18N4O. The van der Waals surface area contributed by atoms with Gasteiger partial charge in [-0.15, -0.1) is 0 Å². The number of nitrogen functional groups attached to an aromatic ring is 1.